The molecule has 0 aliphatic heterocycles. The molecule has 28 heavy (non-hydrogen) atoms. The van der Waals surface area contributed by atoms with Crippen LogP contribution in [-0.4, -0.2) is 39.8 Å². The lowest BCUT2D eigenvalue weighted by Crippen LogP contribution is -2.25. The molecule has 0 spiro atoms. The lowest BCUT2D eigenvalue weighted by Gasteiger charge is -2.09. The molecule has 1 aliphatic carbocycles. The number of hydrogen-bond acceptors (Lipinski definition) is 5. The van der Waals surface area contributed by atoms with Crippen molar-refractivity contribution in [2.45, 2.75) is 43.4 Å². The van der Waals surface area contributed by atoms with Gasteiger partial charge in [0.2, 0.25) is 5.91 Å². The van der Waals surface area contributed by atoms with Crippen LogP contribution < -0.4 is 15.8 Å². The van der Waals surface area contributed by atoms with Crippen LogP contribution in [0.25, 0.3) is 0 Å². The maximum atomic E-state index is 12.4. The highest BCUT2D eigenvalue weighted by Crippen LogP contribution is 2.27. The Morgan fingerprint density at radius 3 is 2.54 bits per heavy atom. The molecule has 0 radical (unpaired) electrons. The third-order valence-electron chi connectivity index (χ3n) is 4.63. The van der Waals surface area contributed by atoms with Crippen molar-refractivity contribution in [2.24, 2.45) is 11.7 Å². The van der Waals surface area contributed by atoms with Gasteiger partial charge in [-0.2, -0.15) is 0 Å². The zero-order valence-corrected chi connectivity index (χ0v) is 16.8. The zero-order valence-electron chi connectivity index (χ0n) is 16.0. The Balaban J connectivity index is 1.68. The quantitative estimate of drug-likeness (QED) is 0.486. The van der Waals surface area contributed by atoms with Gasteiger partial charge < -0.3 is 15.8 Å². The number of hydrogen-bond donors (Lipinski definition) is 2. The maximum Gasteiger partial charge on any atom is 0.220 e. The molecule has 1 fully saturated rings. The van der Waals surface area contributed by atoms with Crippen molar-refractivity contribution < 1.29 is 22.3 Å². The summed E-state index contributed by atoms with van der Waals surface area (Å²) >= 11 is 0. The molecule has 0 saturated heterocycles. The van der Waals surface area contributed by atoms with Crippen LogP contribution in [-0.2, 0) is 14.6 Å². The second-order valence-corrected chi connectivity index (χ2v) is 9.22. The van der Waals surface area contributed by atoms with Crippen LogP contribution in [0.3, 0.4) is 0 Å². The largest absolute Gasteiger partial charge is 0.489 e. The number of nitrogens with two attached hydrogens (primary N) is 1. The third kappa shape index (κ3) is 7.98. The number of rotatable bonds is 13. The van der Waals surface area contributed by atoms with E-state index < -0.39 is 9.84 Å². The first-order valence-corrected chi connectivity index (χ1v) is 11.3. The molecule has 1 saturated carbocycles. The molecular weight excluding hydrogens is 383 g/mol. The molecule has 2 rings (SSSR count). The van der Waals surface area contributed by atoms with Crippen LogP contribution in [0, 0.1) is 5.92 Å². The van der Waals surface area contributed by atoms with E-state index in [-0.39, 0.29) is 29.7 Å². The zero-order chi connectivity index (χ0) is 20.4. The predicted octanol–water partition coefficient (Wildman–Crippen LogP) is 2.74. The second-order valence-electron chi connectivity index (χ2n) is 7.11. The Bertz CT molecular complexity index is 759. The molecule has 0 heterocycles. The highest BCUT2D eigenvalue weighted by molar-refractivity contribution is 7.91. The van der Waals surface area contributed by atoms with E-state index >= 15 is 0 Å². The van der Waals surface area contributed by atoms with E-state index in [1.54, 1.807) is 12.1 Å². The van der Waals surface area contributed by atoms with Crippen LogP contribution >= 0.6 is 0 Å². The number of halogens is 1. The van der Waals surface area contributed by atoms with E-state index in [4.69, 9.17) is 10.5 Å². The molecule has 8 heteroatoms. The molecular formula is C20H29FN2O4S. The molecule has 1 aliphatic rings. The number of sulfone groups is 1. The van der Waals surface area contributed by atoms with Crippen molar-refractivity contribution in [3.8, 4) is 5.75 Å². The fourth-order valence-electron chi connectivity index (χ4n) is 2.60. The van der Waals surface area contributed by atoms with Crippen molar-refractivity contribution in [1.29, 1.82) is 0 Å². The number of ether oxygens (including phenoxy) is 1. The lowest BCUT2D eigenvalue weighted by atomic mass is 10.2. The summed E-state index contributed by atoms with van der Waals surface area (Å²) in [6, 6.07) is 6.06. The Morgan fingerprint density at radius 1 is 1.21 bits per heavy atom. The molecule has 0 bridgehead atoms. The molecule has 0 aromatic heterocycles. The minimum absolute atomic E-state index is 0.0212. The van der Waals surface area contributed by atoms with Crippen molar-refractivity contribution in [3.05, 3.63) is 36.2 Å². The van der Waals surface area contributed by atoms with Crippen LogP contribution in [0.5, 0.6) is 5.75 Å². The molecule has 0 unspecified atom stereocenters. The molecule has 6 nitrogen and oxygen atoms in total. The molecule has 1 aromatic rings. The Kier molecular flexibility index (Phi) is 8.92. The molecule has 0 atom stereocenters. The van der Waals surface area contributed by atoms with E-state index in [9.17, 15) is 17.6 Å². The van der Waals surface area contributed by atoms with Gasteiger partial charge in [0.05, 0.1) is 17.0 Å². The Morgan fingerprint density at radius 2 is 1.93 bits per heavy atom. The standard InChI is InChI=1S/C20H29FN2O4S/c21-12-17(13-22)15-27-18-7-9-19(10-8-18)28(25,26)11-3-1-2-4-20(24)23-14-16-5-6-16/h7-10,12,16H,1-6,11,13-15,22H2,(H,23,24)/b17-12+. The van der Waals surface area contributed by atoms with Crippen LogP contribution in [0.2, 0.25) is 0 Å². The van der Waals surface area contributed by atoms with E-state index in [0.29, 0.717) is 49.3 Å². The van der Waals surface area contributed by atoms with Crippen LogP contribution in [0.1, 0.15) is 38.5 Å². The topological polar surface area (TPSA) is 98.5 Å². The number of unbranched alkanes of at least 4 members (excludes halogenated alkanes) is 2. The normalized spacial score (nSPS) is 14.7. The summed E-state index contributed by atoms with van der Waals surface area (Å²) in [6.45, 7) is 0.850. The van der Waals surface area contributed by atoms with Crippen molar-refractivity contribution in [1.82, 2.24) is 5.32 Å². The predicted molar refractivity (Wildman–Crippen MR) is 106 cm³/mol. The van der Waals surface area contributed by atoms with Gasteiger partial charge in [0.15, 0.2) is 9.84 Å². The summed E-state index contributed by atoms with van der Waals surface area (Å²) in [6.07, 6.45) is 5.15. The first kappa shape index (κ1) is 22.4. The fraction of sp³-hybridized carbons (Fsp3) is 0.550. The number of carbonyl (C=O) groups excluding carboxylic acids is 1. The van der Waals surface area contributed by atoms with E-state index in [1.165, 1.54) is 25.0 Å². The summed E-state index contributed by atoms with van der Waals surface area (Å²) < 4.78 is 42.6. The second kappa shape index (κ2) is 11.2. The van der Waals surface area contributed by atoms with Crippen LogP contribution in [0.15, 0.2) is 41.1 Å². The summed E-state index contributed by atoms with van der Waals surface area (Å²) in [5.41, 5.74) is 5.67. The van der Waals surface area contributed by atoms with E-state index in [2.05, 4.69) is 5.32 Å². The third-order valence-corrected chi connectivity index (χ3v) is 6.44. The summed E-state index contributed by atoms with van der Waals surface area (Å²) in [5, 5.41) is 2.91. The van der Waals surface area contributed by atoms with Gasteiger partial charge in [-0.05, 0) is 55.9 Å². The monoisotopic (exact) mass is 412 g/mol. The van der Waals surface area contributed by atoms with Gasteiger partial charge in [0.25, 0.3) is 0 Å². The minimum atomic E-state index is -3.38. The fourth-order valence-corrected chi connectivity index (χ4v) is 3.97. The van der Waals surface area contributed by atoms with Gasteiger partial charge in [-0.15, -0.1) is 0 Å². The van der Waals surface area contributed by atoms with Gasteiger partial charge in [-0.25, -0.2) is 12.8 Å². The van der Waals surface area contributed by atoms with Gasteiger partial charge >= 0.3 is 0 Å². The van der Waals surface area contributed by atoms with Gasteiger partial charge in [-0.1, -0.05) is 6.42 Å². The number of amides is 1. The highest BCUT2D eigenvalue weighted by atomic mass is 32.2. The Labute approximate surface area is 166 Å². The first-order chi connectivity index (χ1) is 13.4. The maximum absolute atomic E-state index is 12.4. The minimum Gasteiger partial charge on any atom is -0.489 e. The van der Waals surface area contributed by atoms with Crippen molar-refractivity contribution in [3.63, 3.8) is 0 Å². The number of carbonyl (C=O) groups is 1. The summed E-state index contributed by atoms with van der Waals surface area (Å²) in [5.74, 6) is 1.20. The molecule has 156 valence electrons. The lowest BCUT2D eigenvalue weighted by molar-refractivity contribution is -0.121. The smallest absolute Gasteiger partial charge is 0.220 e. The average molecular weight is 413 g/mol. The molecule has 1 aromatic carbocycles. The molecule has 3 N–H and O–H groups in total. The SMILES string of the molecule is NC/C(=C\F)COc1ccc(S(=O)(=O)CCCCCC(=O)NCC2CC2)cc1. The number of nitrogens with one attached hydrogen (secondary N) is 1. The Hall–Kier alpha value is -1.93. The number of benzene rings is 1. The highest BCUT2D eigenvalue weighted by Gasteiger charge is 2.21. The molecule has 1 amide bonds. The van der Waals surface area contributed by atoms with Crippen LogP contribution in [0.4, 0.5) is 4.39 Å². The van der Waals surface area contributed by atoms with Crippen molar-refractivity contribution >= 4 is 15.7 Å². The summed E-state index contributed by atoms with van der Waals surface area (Å²) in [7, 11) is -3.38. The summed E-state index contributed by atoms with van der Waals surface area (Å²) in [4.78, 5) is 11.9. The average Bonchev–Trinajstić information content (AvgIpc) is 3.52. The van der Waals surface area contributed by atoms with E-state index in [0.717, 1.165) is 6.54 Å². The van der Waals surface area contributed by atoms with Gasteiger partial charge in [0, 0.05) is 25.1 Å². The van der Waals surface area contributed by atoms with Gasteiger partial charge in [-0.3, -0.25) is 4.79 Å². The first-order valence-electron chi connectivity index (χ1n) is 9.65. The van der Waals surface area contributed by atoms with E-state index in [1.807, 2.05) is 0 Å². The van der Waals surface area contributed by atoms with Crippen molar-refractivity contribution in [2.75, 3.05) is 25.4 Å². The van der Waals surface area contributed by atoms with Gasteiger partial charge in [0.1, 0.15) is 12.4 Å².